The summed E-state index contributed by atoms with van der Waals surface area (Å²) in [6.45, 7) is 0. The Balaban J connectivity index is 2.23. The lowest BCUT2D eigenvalue weighted by Gasteiger charge is -2.17. The molecular weight excluding hydrogens is 309 g/mol. The van der Waals surface area contributed by atoms with Crippen molar-refractivity contribution >= 4 is 22.9 Å². The average molecular weight is 321 g/mol. The molecule has 0 aliphatic rings. The van der Waals surface area contributed by atoms with Crippen LogP contribution in [0.15, 0.2) is 36.4 Å². The van der Waals surface area contributed by atoms with Crippen molar-refractivity contribution < 1.29 is 13.2 Å². The van der Waals surface area contributed by atoms with Gasteiger partial charge in [-0.15, -0.1) is 11.3 Å². The summed E-state index contributed by atoms with van der Waals surface area (Å²) in [5, 5.41) is 0. The largest absolute Gasteiger partial charge is 0.416 e. The molecule has 2 nitrogen and oxygen atoms in total. The molecule has 108 valence electrons. The quantitative estimate of drug-likeness (QED) is 0.655. The molecular formula is C13H12ClF3N2S. The van der Waals surface area contributed by atoms with Crippen LogP contribution in [0.2, 0.25) is 4.34 Å². The third-order valence-electron chi connectivity index (χ3n) is 2.85. The van der Waals surface area contributed by atoms with E-state index >= 15 is 0 Å². The van der Waals surface area contributed by atoms with Crippen molar-refractivity contribution in [3.8, 4) is 0 Å². The number of hydrogen-bond acceptors (Lipinski definition) is 3. The first kappa shape index (κ1) is 15.3. The van der Waals surface area contributed by atoms with E-state index < -0.39 is 17.8 Å². The van der Waals surface area contributed by atoms with Gasteiger partial charge in [0.15, 0.2) is 0 Å². The van der Waals surface area contributed by atoms with Crippen molar-refractivity contribution in [2.45, 2.75) is 18.6 Å². The molecule has 20 heavy (non-hydrogen) atoms. The van der Waals surface area contributed by atoms with Gasteiger partial charge in [0, 0.05) is 11.3 Å². The van der Waals surface area contributed by atoms with E-state index in [-0.39, 0.29) is 0 Å². The summed E-state index contributed by atoms with van der Waals surface area (Å²) in [6, 6.07) is 8.34. The highest BCUT2D eigenvalue weighted by molar-refractivity contribution is 7.16. The monoisotopic (exact) mass is 320 g/mol. The van der Waals surface area contributed by atoms with Gasteiger partial charge in [-0.05, 0) is 29.8 Å². The van der Waals surface area contributed by atoms with Crippen LogP contribution in [0.1, 0.15) is 22.0 Å². The topological polar surface area (TPSA) is 38.0 Å². The van der Waals surface area contributed by atoms with Crippen molar-refractivity contribution in [1.29, 1.82) is 0 Å². The third kappa shape index (κ3) is 3.73. The fourth-order valence-corrected chi connectivity index (χ4v) is 3.00. The summed E-state index contributed by atoms with van der Waals surface area (Å²) < 4.78 is 38.7. The number of halogens is 4. The minimum atomic E-state index is -4.36. The Hall–Kier alpha value is -1.08. The van der Waals surface area contributed by atoms with Crippen LogP contribution >= 0.6 is 22.9 Å². The van der Waals surface area contributed by atoms with E-state index in [0.29, 0.717) is 16.3 Å². The third-order valence-corrected chi connectivity index (χ3v) is 4.11. The second-order valence-corrected chi connectivity index (χ2v) is 6.05. The van der Waals surface area contributed by atoms with Gasteiger partial charge in [0.05, 0.1) is 15.9 Å². The number of alkyl halides is 3. The molecule has 0 aliphatic heterocycles. The molecule has 0 amide bonds. The fraction of sp³-hybridized carbons (Fsp3) is 0.231. The van der Waals surface area contributed by atoms with Crippen LogP contribution in [0.25, 0.3) is 0 Å². The van der Waals surface area contributed by atoms with Gasteiger partial charge in [0.1, 0.15) is 0 Å². The molecule has 0 bridgehead atoms. The van der Waals surface area contributed by atoms with E-state index in [1.807, 2.05) is 6.07 Å². The highest BCUT2D eigenvalue weighted by atomic mass is 35.5. The molecule has 0 saturated heterocycles. The molecule has 1 aromatic carbocycles. The molecule has 3 N–H and O–H groups in total. The molecule has 1 aromatic heterocycles. The maximum atomic E-state index is 12.7. The molecule has 2 aromatic rings. The Morgan fingerprint density at radius 2 is 2.00 bits per heavy atom. The van der Waals surface area contributed by atoms with Gasteiger partial charge in [0.2, 0.25) is 0 Å². The van der Waals surface area contributed by atoms with Crippen LogP contribution in [0.3, 0.4) is 0 Å². The second-order valence-electron chi connectivity index (χ2n) is 4.25. The standard InChI is InChI=1S/C13H12ClF3N2S/c14-12-5-4-10(20-12)7-11(19-18)8-2-1-3-9(6-8)13(15,16)17/h1-6,11,19H,7,18H2. The Labute approximate surface area is 123 Å². The molecule has 0 saturated carbocycles. The van der Waals surface area contributed by atoms with Gasteiger partial charge in [-0.3, -0.25) is 11.3 Å². The first-order valence-electron chi connectivity index (χ1n) is 5.77. The summed E-state index contributed by atoms with van der Waals surface area (Å²) in [7, 11) is 0. The van der Waals surface area contributed by atoms with Crippen molar-refractivity contribution in [2.24, 2.45) is 5.84 Å². The zero-order valence-electron chi connectivity index (χ0n) is 10.2. The minimum absolute atomic E-state index is 0.396. The maximum Gasteiger partial charge on any atom is 0.416 e. The highest BCUT2D eigenvalue weighted by Gasteiger charge is 2.30. The van der Waals surface area contributed by atoms with Gasteiger partial charge < -0.3 is 0 Å². The molecule has 0 aliphatic carbocycles. The van der Waals surface area contributed by atoms with Crippen LogP contribution in [0, 0.1) is 0 Å². The Morgan fingerprint density at radius 1 is 1.25 bits per heavy atom. The summed E-state index contributed by atoms with van der Waals surface area (Å²) in [5.74, 6) is 5.46. The number of nitrogens with two attached hydrogens (primary N) is 1. The van der Waals surface area contributed by atoms with Gasteiger partial charge in [-0.1, -0.05) is 23.7 Å². The zero-order valence-corrected chi connectivity index (χ0v) is 11.8. The molecule has 7 heteroatoms. The molecule has 1 heterocycles. The van der Waals surface area contributed by atoms with Crippen molar-refractivity contribution in [3.05, 3.63) is 56.7 Å². The lowest BCUT2D eigenvalue weighted by atomic mass is 10.0. The molecule has 0 radical (unpaired) electrons. The number of benzene rings is 1. The smallest absolute Gasteiger partial charge is 0.271 e. The number of nitrogens with one attached hydrogen (secondary N) is 1. The van der Waals surface area contributed by atoms with E-state index in [0.717, 1.165) is 17.0 Å². The van der Waals surface area contributed by atoms with Gasteiger partial charge in [0.25, 0.3) is 0 Å². The minimum Gasteiger partial charge on any atom is -0.271 e. The number of rotatable bonds is 4. The van der Waals surface area contributed by atoms with Crippen LogP contribution in [-0.2, 0) is 12.6 Å². The molecule has 1 unspecified atom stereocenters. The molecule has 2 rings (SSSR count). The van der Waals surface area contributed by atoms with E-state index in [9.17, 15) is 13.2 Å². The molecule has 1 atom stereocenters. The number of hydrogen-bond donors (Lipinski definition) is 2. The summed E-state index contributed by atoms with van der Waals surface area (Å²) in [4.78, 5) is 0.954. The Bertz CT molecular complexity index is 583. The first-order valence-corrected chi connectivity index (χ1v) is 6.97. The Kier molecular flexibility index (Phi) is 4.70. The van der Waals surface area contributed by atoms with E-state index in [2.05, 4.69) is 5.43 Å². The predicted octanol–water partition coefficient (Wildman–Crippen LogP) is 4.17. The fourth-order valence-electron chi connectivity index (χ4n) is 1.87. The van der Waals surface area contributed by atoms with Gasteiger partial charge >= 0.3 is 6.18 Å². The highest BCUT2D eigenvalue weighted by Crippen LogP contribution is 2.32. The first-order chi connectivity index (χ1) is 9.40. The lowest BCUT2D eigenvalue weighted by Crippen LogP contribution is -2.29. The van der Waals surface area contributed by atoms with E-state index in [4.69, 9.17) is 17.4 Å². The zero-order chi connectivity index (χ0) is 14.8. The van der Waals surface area contributed by atoms with E-state index in [1.54, 1.807) is 12.1 Å². The Morgan fingerprint density at radius 3 is 2.55 bits per heavy atom. The average Bonchev–Trinajstić information content (AvgIpc) is 2.81. The summed E-state index contributed by atoms with van der Waals surface area (Å²) >= 11 is 7.22. The van der Waals surface area contributed by atoms with Gasteiger partial charge in [-0.2, -0.15) is 13.2 Å². The van der Waals surface area contributed by atoms with Crippen molar-refractivity contribution in [1.82, 2.24) is 5.43 Å². The van der Waals surface area contributed by atoms with Crippen molar-refractivity contribution in [3.63, 3.8) is 0 Å². The van der Waals surface area contributed by atoms with Crippen LogP contribution in [0.5, 0.6) is 0 Å². The number of thiophene rings is 1. The second kappa shape index (κ2) is 6.13. The number of hydrazine groups is 1. The van der Waals surface area contributed by atoms with Crippen LogP contribution in [0.4, 0.5) is 13.2 Å². The lowest BCUT2D eigenvalue weighted by molar-refractivity contribution is -0.137. The van der Waals surface area contributed by atoms with Crippen LogP contribution in [-0.4, -0.2) is 0 Å². The predicted molar refractivity (Wildman–Crippen MR) is 74.5 cm³/mol. The van der Waals surface area contributed by atoms with Crippen molar-refractivity contribution in [2.75, 3.05) is 0 Å². The maximum absolute atomic E-state index is 12.7. The van der Waals surface area contributed by atoms with E-state index in [1.165, 1.54) is 17.4 Å². The SMILES string of the molecule is NNC(Cc1ccc(Cl)s1)c1cccc(C(F)(F)F)c1. The van der Waals surface area contributed by atoms with Crippen LogP contribution < -0.4 is 11.3 Å². The normalized spacial score (nSPS) is 13.4. The van der Waals surface area contributed by atoms with Gasteiger partial charge in [-0.25, -0.2) is 0 Å². The summed E-state index contributed by atoms with van der Waals surface area (Å²) in [6.07, 6.45) is -3.88. The molecule has 0 spiro atoms. The molecule has 0 fully saturated rings. The summed E-state index contributed by atoms with van der Waals surface area (Å²) in [5.41, 5.74) is 2.36.